The molecule has 0 N–H and O–H groups in total. The van der Waals surface area contributed by atoms with Gasteiger partial charge in [-0.25, -0.2) is 0 Å². The zero-order valence-corrected chi connectivity index (χ0v) is 17.9. The Labute approximate surface area is 178 Å². The summed E-state index contributed by atoms with van der Waals surface area (Å²) in [5.41, 5.74) is 2.03. The first-order valence-corrected chi connectivity index (χ1v) is 10.1. The number of hydrogen-bond donors (Lipinski definition) is 0. The fraction of sp³-hybridized carbons (Fsp3) is 0.429. The van der Waals surface area contributed by atoms with Gasteiger partial charge in [0.1, 0.15) is 23.0 Å². The van der Waals surface area contributed by atoms with E-state index in [9.17, 15) is 9.59 Å². The van der Waals surface area contributed by atoms with E-state index in [1.807, 2.05) is 36.6 Å². The van der Waals surface area contributed by atoms with Crippen LogP contribution in [0.25, 0.3) is 5.69 Å². The Morgan fingerprint density at radius 2 is 1.79 bits per heavy atom. The Kier molecular flexibility index (Phi) is 4.82. The predicted molar refractivity (Wildman–Crippen MR) is 109 cm³/mol. The molecule has 1 unspecified atom stereocenters. The highest BCUT2D eigenvalue weighted by molar-refractivity contribution is 6.53. The van der Waals surface area contributed by atoms with Gasteiger partial charge in [-0.1, -0.05) is 0 Å². The standard InChI is InChI=1S/C21H21Cl2NO5/c1-12-8-15(16(25)10-29-19(26)20(3)11-21(20,22)23)13(2)24(12)14-4-5-17-18(9-14)28-7-6-27-17/h4-5,8-9H,6-7,10-11H2,1-3H3. The minimum absolute atomic E-state index is 0.283. The van der Waals surface area contributed by atoms with E-state index in [4.69, 9.17) is 37.4 Å². The van der Waals surface area contributed by atoms with E-state index in [0.717, 1.165) is 17.1 Å². The van der Waals surface area contributed by atoms with E-state index in [1.165, 1.54) is 0 Å². The lowest BCUT2D eigenvalue weighted by atomic mass is 10.1. The monoisotopic (exact) mass is 437 g/mol. The molecule has 8 heteroatoms. The van der Waals surface area contributed by atoms with Gasteiger partial charge in [0.25, 0.3) is 0 Å². The molecule has 6 nitrogen and oxygen atoms in total. The summed E-state index contributed by atoms with van der Waals surface area (Å²) in [7, 11) is 0. The van der Waals surface area contributed by atoms with Gasteiger partial charge < -0.3 is 18.8 Å². The number of ether oxygens (including phenoxy) is 3. The van der Waals surface area contributed by atoms with E-state index in [2.05, 4.69) is 0 Å². The lowest BCUT2D eigenvalue weighted by Crippen LogP contribution is -2.24. The topological polar surface area (TPSA) is 66.8 Å². The lowest BCUT2D eigenvalue weighted by molar-refractivity contribution is -0.148. The first kappa shape index (κ1) is 20.1. The molecule has 154 valence electrons. The summed E-state index contributed by atoms with van der Waals surface area (Å²) >= 11 is 12.0. The number of benzene rings is 1. The average molecular weight is 438 g/mol. The SMILES string of the molecule is Cc1cc(C(=O)COC(=O)C2(C)CC2(Cl)Cl)c(C)n1-c1ccc2c(c1)OCCO2. The second-order valence-corrected chi connectivity index (χ2v) is 9.14. The summed E-state index contributed by atoms with van der Waals surface area (Å²) in [5, 5.41) is 0. The average Bonchev–Trinajstić information content (AvgIpc) is 3.06. The van der Waals surface area contributed by atoms with Crippen molar-refractivity contribution in [2.75, 3.05) is 19.8 Å². The molecule has 1 fully saturated rings. The van der Waals surface area contributed by atoms with Crippen LogP contribution in [0.1, 0.15) is 35.1 Å². The van der Waals surface area contributed by atoms with Gasteiger partial charge in [0.2, 0.25) is 5.78 Å². The first-order valence-electron chi connectivity index (χ1n) is 9.31. The van der Waals surface area contributed by atoms with Crippen molar-refractivity contribution in [2.45, 2.75) is 31.5 Å². The quantitative estimate of drug-likeness (QED) is 0.398. The number of fused-ring (bicyclic) bond motifs is 1. The minimum atomic E-state index is -1.12. The molecule has 0 radical (unpaired) electrons. The largest absolute Gasteiger partial charge is 0.486 e. The van der Waals surface area contributed by atoms with Crippen molar-refractivity contribution in [3.8, 4) is 17.2 Å². The Morgan fingerprint density at radius 3 is 2.45 bits per heavy atom. The smallest absolute Gasteiger partial charge is 0.315 e. The highest BCUT2D eigenvalue weighted by Crippen LogP contribution is 2.64. The van der Waals surface area contributed by atoms with Gasteiger partial charge in [0, 0.05) is 35.1 Å². The Hall–Kier alpha value is -2.18. The minimum Gasteiger partial charge on any atom is -0.486 e. The van der Waals surface area contributed by atoms with Crippen LogP contribution in [0, 0.1) is 19.3 Å². The first-order chi connectivity index (χ1) is 13.6. The van der Waals surface area contributed by atoms with E-state index in [0.29, 0.717) is 36.7 Å². The number of aromatic nitrogens is 1. The van der Waals surface area contributed by atoms with Crippen LogP contribution in [-0.2, 0) is 9.53 Å². The molecule has 1 aliphatic carbocycles. The lowest BCUT2D eigenvalue weighted by Gasteiger charge is -2.20. The number of esters is 1. The number of ketones is 1. The number of carbonyl (C=O) groups is 2. The Bertz CT molecular complexity index is 1010. The van der Waals surface area contributed by atoms with Gasteiger partial charge in [-0.15, -0.1) is 23.2 Å². The second kappa shape index (κ2) is 6.96. The van der Waals surface area contributed by atoms with Crippen LogP contribution < -0.4 is 9.47 Å². The van der Waals surface area contributed by atoms with Crippen LogP contribution in [-0.4, -0.2) is 40.5 Å². The summed E-state index contributed by atoms with van der Waals surface area (Å²) in [6.45, 7) is 6.06. The molecule has 1 aliphatic heterocycles. The van der Waals surface area contributed by atoms with Gasteiger partial charge in [-0.05, 0) is 39.0 Å². The van der Waals surface area contributed by atoms with Crippen molar-refractivity contribution in [1.29, 1.82) is 0 Å². The predicted octanol–water partition coefficient (Wildman–Crippen LogP) is 4.18. The third-order valence-corrected chi connectivity index (χ3v) is 6.66. The summed E-state index contributed by atoms with van der Waals surface area (Å²) in [4.78, 5) is 24.9. The molecule has 4 rings (SSSR count). The molecule has 1 aromatic heterocycles. The second-order valence-electron chi connectivity index (χ2n) is 7.66. The van der Waals surface area contributed by atoms with Crippen LogP contribution in [0.15, 0.2) is 24.3 Å². The van der Waals surface area contributed by atoms with Crippen LogP contribution in [0.3, 0.4) is 0 Å². The van der Waals surface area contributed by atoms with Crippen molar-refractivity contribution in [3.05, 3.63) is 41.2 Å². The number of rotatable bonds is 5. The molecule has 0 bridgehead atoms. The van der Waals surface area contributed by atoms with Gasteiger partial charge in [-0.2, -0.15) is 0 Å². The Balaban J connectivity index is 1.53. The van der Waals surface area contributed by atoms with Crippen molar-refractivity contribution >= 4 is 35.0 Å². The summed E-state index contributed by atoms with van der Waals surface area (Å²) in [6, 6.07) is 7.44. The Morgan fingerprint density at radius 1 is 1.14 bits per heavy atom. The van der Waals surface area contributed by atoms with Gasteiger partial charge >= 0.3 is 5.97 Å². The molecule has 2 aliphatic rings. The number of alkyl halides is 2. The number of aryl methyl sites for hydroxylation is 1. The van der Waals surface area contributed by atoms with E-state index in [1.54, 1.807) is 13.0 Å². The third kappa shape index (κ3) is 3.38. The molecular weight excluding hydrogens is 417 g/mol. The van der Waals surface area contributed by atoms with Crippen LogP contribution in [0.5, 0.6) is 11.5 Å². The van der Waals surface area contributed by atoms with Crippen molar-refractivity contribution in [1.82, 2.24) is 4.57 Å². The van der Waals surface area contributed by atoms with Crippen LogP contribution >= 0.6 is 23.2 Å². The number of carbonyl (C=O) groups excluding carboxylic acids is 2. The number of hydrogen-bond acceptors (Lipinski definition) is 5. The number of nitrogens with zero attached hydrogens (tertiary/aromatic N) is 1. The fourth-order valence-electron chi connectivity index (χ4n) is 3.60. The molecule has 2 aromatic rings. The zero-order valence-electron chi connectivity index (χ0n) is 16.4. The van der Waals surface area contributed by atoms with Gasteiger partial charge in [0.15, 0.2) is 18.1 Å². The van der Waals surface area contributed by atoms with Crippen molar-refractivity contribution in [3.63, 3.8) is 0 Å². The number of Topliss-reactive ketones (excluding diaryl/α,β-unsaturated/α-hetero) is 1. The molecule has 0 spiro atoms. The van der Waals surface area contributed by atoms with E-state index in [-0.39, 0.29) is 12.4 Å². The van der Waals surface area contributed by atoms with Crippen molar-refractivity contribution in [2.24, 2.45) is 5.41 Å². The molecule has 1 saturated carbocycles. The summed E-state index contributed by atoms with van der Waals surface area (Å²) in [5.74, 6) is 0.533. The highest BCUT2D eigenvalue weighted by Gasteiger charge is 2.69. The normalized spacial score (nSPS) is 21.6. The summed E-state index contributed by atoms with van der Waals surface area (Å²) in [6.07, 6.45) is 0.314. The van der Waals surface area contributed by atoms with Gasteiger partial charge in [0.05, 0.1) is 0 Å². The number of halogens is 2. The summed E-state index contributed by atoms with van der Waals surface area (Å²) < 4.78 is 17.3. The van der Waals surface area contributed by atoms with Crippen molar-refractivity contribution < 1.29 is 23.8 Å². The molecule has 0 amide bonds. The van der Waals surface area contributed by atoms with Gasteiger partial charge in [-0.3, -0.25) is 9.59 Å². The van der Waals surface area contributed by atoms with Crippen LogP contribution in [0.4, 0.5) is 0 Å². The molecule has 29 heavy (non-hydrogen) atoms. The fourth-order valence-corrected chi connectivity index (χ4v) is 4.29. The maximum atomic E-state index is 12.7. The van der Waals surface area contributed by atoms with Crippen LogP contribution in [0.2, 0.25) is 0 Å². The maximum Gasteiger partial charge on any atom is 0.315 e. The molecule has 1 atom stereocenters. The molecule has 0 saturated heterocycles. The zero-order chi connectivity index (χ0) is 21.0. The highest BCUT2D eigenvalue weighted by atomic mass is 35.5. The maximum absolute atomic E-state index is 12.7. The molecular formula is C21H21Cl2NO5. The molecule has 1 aromatic carbocycles. The third-order valence-electron chi connectivity index (χ3n) is 5.56. The molecule has 2 heterocycles. The van der Waals surface area contributed by atoms with E-state index < -0.39 is 15.7 Å². The van der Waals surface area contributed by atoms with E-state index >= 15 is 0 Å².